The van der Waals surface area contributed by atoms with Gasteiger partial charge in [-0.1, -0.05) is 53.8 Å². The number of carbonyl (C=O) groups excluding carboxylic acids is 1. The molecule has 0 fully saturated rings. The maximum atomic E-state index is 13.5. The fraction of sp³-hybridized carbons (Fsp3) is 0.174. The van der Waals surface area contributed by atoms with Crippen molar-refractivity contribution >= 4 is 29.1 Å². The van der Waals surface area contributed by atoms with Crippen LogP contribution in [0, 0.1) is 10.1 Å². The third-order valence-corrected chi connectivity index (χ3v) is 6.14. The molecule has 10 heteroatoms. The van der Waals surface area contributed by atoms with Crippen molar-refractivity contribution < 1.29 is 19.6 Å². The normalized spacial score (nSPS) is 15.7. The molecule has 1 aromatic heterocycles. The first kappa shape index (κ1) is 22.2. The Morgan fingerprint density at radius 2 is 2.00 bits per heavy atom. The summed E-state index contributed by atoms with van der Waals surface area (Å²) in [5, 5.41) is 21.4. The number of esters is 1. The lowest BCUT2D eigenvalue weighted by Crippen LogP contribution is -2.39. The number of nitro groups is 1. The van der Waals surface area contributed by atoms with Crippen LogP contribution in [0.2, 0.25) is 0 Å². The van der Waals surface area contributed by atoms with E-state index in [-0.39, 0.29) is 22.3 Å². The number of hydrogen-bond donors (Lipinski definition) is 1. The first-order chi connectivity index (χ1) is 15.8. The molecule has 1 aliphatic rings. The van der Waals surface area contributed by atoms with Crippen LogP contribution in [0.5, 0.6) is 5.75 Å². The zero-order chi connectivity index (χ0) is 23.7. The number of aromatic hydroxyl groups is 1. The van der Waals surface area contributed by atoms with Crippen LogP contribution < -0.4 is 14.9 Å². The molecule has 1 aliphatic heterocycles. The summed E-state index contributed by atoms with van der Waals surface area (Å²) >= 11 is 1.07. The third-order valence-electron chi connectivity index (χ3n) is 5.16. The molecule has 9 nitrogen and oxygen atoms in total. The predicted molar refractivity (Wildman–Crippen MR) is 122 cm³/mol. The summed E-state index contributed by atoms with van der Waals surface area (Å²) in [5.41, 5.74) is 0.646. The number of aromatic nitrogens is 1. The Morgan fingerprint density at radius 3 is 2.67 bits per heavy atom. The van der Waals surface area contributed by atoms with E-state index in [1.807, 2.05) is 30.3 Å². The van der Waals surface area contributed by atoms with Gasteiger partial charge in [0.25, 0.3) is 5.56 Å². The van der Waals surface area contributed by atoms with E-state index in [9.17, 15) is 24.8 Å². The lowest BCUT2D eigenvalue weighted by atomic mass is 9.96. The third kappa shape index (κ3) is 3.96. The maximum Gasteiger partial charge on any atom is 0.338 e. The van der Waals surface area contributed by atoms with E-state index in [1.54, 1.807) is 13.8 Å². The van der Waals surface area contributed by atoms with Gasteiger partial charge in [0.05, 0.1) is 33.4 Å². The molecule has 0 saturated carbocycles. The van der Waals surface area contributed by atoms with E-state index < -0.39 is 33.9 Å². The van der Waals surface area contributed by atoms with Gasteiger partial charge in [-0.25, -0.2) is 9.79 Å². The highest BCUT2D eigenvalue weighted by Crippen LogP contribution is 2.31. The molecule has 4 rings (SSSR count). The summed E-state index contributed by atoms with van der Waals surface area (Å²) in [7, 11) is 0. The minimum Gasteiger partial charge on any atom is -0.502 e. The lowest BCUT2D eigenvalue weighted by molar-refractivity contribution is -0.385. The van der Waals surface area contributed by atoms with Crippen molar-refractivity contribution in [3.63, 3.8) is 0 Å². The minimum absolute atomic E-state index is 0.132. The molecule has 2 aromatic carbocycles. The number of carbonyl (C=O) groups is 1. The van der Waals surface area contributed by atoms with Crippen molar-refractivity contribution in [3.8, 4) is 5.75 Å². The summed E-state index contributed by atoms with van der Waals surface area (Å²) in [6, 6.07) is 12.4. The Bertz CT molecular complexity index is 1470. The number of nitrogens with zero attached hydrogens (tertiary/aromatic N) is 3. The highest BCUT2D eigenvalue weighted by Gasteiger charge is 2.33. The maximum absolute atomic E-state index is 13.5. The van der Waals surface area contributed by atoms with Crippen LogP contribution >= 0.6 is 11.3 Å². The molecule has 0 radical (unpaired) electrons. The highest BCUT2D eigenvalue weighted by molar-refractivity contribution is 7.07. The van der Waals surface area contributed by atoms with E-state index in [2.05, 4.69) is 4.99 Å². The van der Waals surface area contributed by atoms with E-state index in [0.29, 0.717) is 16.1 Å². The molecule has 33 heavy (non-hydrogen) atoms. The molecule has 3 aromatic rings. The fourth-order valence-corrected chi connectivity index (χ4v) is 4.73. The topological polar surface area (TPSA) is 124 Å². The number of thiazole rings is 1. The molecule has 0 spiro atoms. The molecule has 2 heterocycles. The number of ether oxygens (including phenoxy) is 1. The molecule has 0 aliphatic carbocycles. The van der Waals surface area contributed by atoms with Crippen LogP contribution in [0.4, 0.5) is 5.69 Å². The van der Waals surface area contributed by atoms with Crippen molar-refractivity contribution in [2.24, 2.45) is 4.99 Å². The number of allylic oxidation sites excluding steroid dienone is 1. The highest BCUT2D eigenvalue weighted by atomic mass is 32.1. The van der Waals surface area contributed by atoms with Gasteiger partial charge >= 0.3 is 11.7 Å². The van der Waals surface area contributed by atoms with E-state index in [4.69, 9.17) is 4.74 Å². The number of phenols is 1. The first-order valence-electron chi connectivity index (χ1n) is 10.0. The second-order valence-corrected chi connectivity index (χ2v) is 8.19. The van der Waals surface area contributed by atoms with Gasteiger partial charge < -0.3 is 9.84 Å². The molecule has 0 bridgehead atoms. The monoisotopic (exact) mass is 465 g/mol. The number of nitro benzene ring substituents is 1. The zero-order valence-electron chi connectivity index (χ0n) is 17.7. The Kier molecular flexibility index (Phi) is 5.93. The Balaban J connectivity index is 1.96. The van der Waals surface area contributed by atoms with Crippen molar-refractivity contribution in [2.45, 2.75) is 19.9 Å². The minimum atomic E-state index is -0.748. The molecule has 1 atom stereocenters. The molecule has 0 saturated heterocycles. The Morgan fingerprint density at radius 1 is 1.27 bits per heavy atom. The smallest absolute Gasteiger partial charge is 0.338 e. The summed E-state index contributed by atoms with van der Waals surface area (Å²) < 4.78 is 6.87. The summed E-state index contributed by atoms with van der Waals surface area (Å²) in [6.45, 7) is 3.56. The molecule has 0 amide bonds. The molecular weight excluding hydrogens is 446 g/mol. The average molecular weight is 465 g/mol. The van der Waals surface area contributed by atoms with Gasteiger partial charge in [-0.2, -0.15) is 0 Å². The quantitative estimate of drug-likeness (QED) is 0.351. The van der Waals surface area contributed by atoms with Crippen molar-refractivity contribution in [2.75, 3.05) is 6.61 Å². The number of para-hydroxylation sites is 1. The number of phenolic OH excluding ortho intramolecular Hbond substituents is 1. The van der Waals surface area contributed by atoms with Gasteiger partial charge in [-0.05, 0) is 25.5 Å². The molecule has 1 unspecified atom stereocenters. The summed E-state index contributed by atoms with van der Waals surface area (Å²) in [6.07, 6.45) is 1.39. The van der Waals surface area contributed by atoms with Gasteiger partial charge in [0, 0.05) is 11.6 Å². The number of benzene rings is 2. The van der Waals surface area contributed by atoms with Gasteiger partial charge in [-0.3, -0.25) is 19.5 Å². The first-order valence-corrected chi connectivity index (χ1v) is 10.9. The largest absolute Gasteiger partial charge is 0.502 e. The second kappa shape index (κ2) is 8.83. The number of rotatable bonds is 5. The lowest BCUT2D eigenvalue weighted by Gasteiger charge is -2.24. The molecule has 1 N–H and O–H groups in total. The Hall–Kier alpha value is -4.05. The van der Waals surface area contributed by atoms with Crippen LogP contribution in [0.1, 0.15) is 31.0 Å². The van der Waals surface area contributed by atoms with Crippen molar-refractivity contribution in [1.82, 2.24) is 4.57 Å². The average Bonchev–Trinajstić information content (AvgIpc) is 3.09. The van der Waals surface area contributed by atoms with Gasteiger partial charge in [0.2, 0.25) is 5.75 Å². The fourth-order valence-electron chi connectivity index (χ4n) is 3.70. The van der Waals surface area contributed by atoms with Crippen LogP contribution in [0.3, 0.4) is 0 Å². The number of hydrogen-bond acceptors (Lipinski definition) is 8. The predicted octanol–water partition coefficient (Wildman–Crippen LogP) is 2.41. The van der Waals surface area contributed by atoms with Crippen molar-refractivity contribution in [3.05, 3.63) is 101 Å². The Labute approximate surface area is 191 Å². The van der Waals surface area contributed by atoms with Gasteiger partial charge in [0.1, 0.15) is 0 Å². The van der Waals surface area contributed by atoms with Crippen LogP contribution in [-0.2, 0) is 9.53 Å². The van der Waals surface area contributed by atoms with Crippen LogP contribution in [0.15, 0.2) is 69.6 Å². The summed E-state index contributed by atoms with van der Waals surface area (Å²) in [4.78, 5) is 41.5. The zero-order valence-corrected chi connectivity index (χ0v) is 18.5. The molecular formula is C23H19N3O6S. The van der Waals surface area contributed by atoms with E-state index in [0.717, 1.165) is 11.3 Å². The van der Waals surface area contributed by atoms with Gasteiger partial charge in [-0.15, -0.1) is 0 Å². The summed E-state index contributed by atoms with van der Waals surface area (Å²) in [5.74, 6) is -1.09. The van der Waals surface area contributed by atoms with Gasteiger partial charge in [0.15, 0.2) is 4.80 Å². The standard InChI is InChI=1S/C23H19N3O6S/c1-3-32-22(29)18-13(2)24-23-25(19(18)14-8-5-4-6-9-14)21(28)17(33-23)12-15-10-7-11-16(20(15)27)26(30)31/h4-12,19,27H,3H2,1-2H3/b17-12-. The van der Waals surface area contributed by atoms with E-state index >= 15 is 0 Å². The molecule has 168 valence electrons. The van der Waals surface area contributed by atoms with Crippen LogP contribution in [-0.4, -0.2) is 27.2 Å². The SMILES string of the molecule is CCOC(=O)C1=C(C)N=c2s/c(=C\c3cccc([N+](=O)[O-])c3O)c(=O)n2C1c1ccccc1. The van der Waals surface area contributed by atoms with Crippen LogP contribution in [0.25, 0.3) is 6.08 Å². The number of fused-ring (bicyclic) bond motifs is 1. The van der Waals surface area contributed by atoms with Crippen molar-refractivity contribution in [1.29, 1.82) is 0 Å². The van der Waals surface area contributed by atoms with E-state index in [1.165, 1.54) is 28.8 Å². The second-order valence-electron chi connectivity index (χ2n) is 7.19.